The Balaban J connectivity index is 2.48. The van der Waals surface area contributed by atoms with E-state index in [1.807, 2.05) is 12.1 Å². The number of unbranched alkanes of at least 4 members (excludes halogenated alkanes) is 1. The molecule has 0 aliphatic heterocycles. The number of nitrogens with zero attached hydrogens (tertiary/aromatic N) is 1. The highest BCUT2D eigenvalue weighted by molar-refractivity contribution is 6.30. The Morgan fingerprint density at radius 2 is 2.06 bits per heavy atom. The molecule has 0 aliphatic rings. The second kappa shape index (κ2) is 7.24. The van der Waals surface area contributed by atoms with Crippen LogP contribution in [0.15, 0.2) is 24.3 Å². The molecule has 16 heavy (non-hydrogen) atoms. The molecule has 1 aromatic carbocycles. The lowest BCUT2D eigenvalue weighted by Gasteiger charge is -2.16. The number of aliphatic hydroxyl groups excluding tert-OH is 1. The first-order valence-corrected chi connectivity index (χ1v) is 5.62. The number of hydrogen-bond acceptors (Lipinski definition) is 3. The van der Waals surface area contributed by atoms with Crippen LogP contribution in [0.25, 0.3) is 0 Å². The summed E-state index contributed by atoms with van der Waals surface area (Å²) in [5.74, 6) is 0. The average Bonchev–Trinajstić information content (AvgIpc) is 2.31. The maximum Gasteiger partial charge on any atom is 0.0626 e. The summed E-state index contributed by atoms with van der Waals surface area (Å²) in [6.07, 6.45) is 1.33. The summed E-state index contributed by atoms with van der Waals surface area (Å²) < 4.78 is 0. The second-order valence-corrected chi connectivity index (χ2v) is 3.94. The van der Waals surface area contributed by atoms with Gasteiger partial charge in [-0.05, 0) is 30.7 Å². The van der Waals surface area contributed by atoms with Crippen LogP contribution in [0.1, 0.15) is 24.4 Å². The zero-order valence-corrected chi connectivity index (χ0v) is 9.74. The predicted molar refractivity (Wildman–Crippen MR) is 64.1 cm³/mol. The molecule has 0 bridgehead atoms. The van der Waals surface area contributed by atoms with Gasteiger partial charge in [0.15, 0.2) is 0 Å². The first-order chi connectivity index (χ1) is 7.77. The molecule has 2 N–H and O–H groups in total. The third-order valence-electron chi connectivity index (χ3n) is 2.31. The fraction of sp³-hybridized carbons (Fsp3) is 0.417. The quantitative estimate of drug-likeness (QED) is 0.748. The molecule has 86 valence electrons. The molecule has 0 aromatic heterocycles. The van der Waals surface area contributed by atoms with Gasteiger partial charge in [0.2, 0.25) is 0 Å². The van der Waals surface area contributed by atoms with Gasteiger partial charge in [0.05, 0.1) is 18.7 Å². The van der Waals surface area contributed by atoms with Gasteiger partial charge in [0, 0.05) is 11.4 Å². The minimum Gasteiger partial charge on any atom is -0.394 e. The van der Waals surface area contributed by atoms with Gasteiger partial charge in [-0.15, -0.1) is 0 Å². The van der Waals surface area contributed by atoms with Gasteiger partial charge in [0.25, 0.3) is 0 Å². The average molecular weight is 239 g/mol. The Labute approximate surface area is 101 Å². The minimum atomic E-state index is -0.0871. The number of rotatable bonds is 6. The zero-order chi connectivity index (χ0) is 11.8. The molecule has 4 heteroatoms. The van der Waals surface area contributed by atoms with Crippen molar-refractivity contribution >= 4 is 11.6 Å². The Morgan fingerprint density at radius 3 is 2.62 bits per heavy atom. The van der Waals surface area contributed by atoms with Gasteiger partial charge in [-0.1, -0.05) is 23.7 Å². The Kier molecular flexibility index (Phi) is 5.87. The summed E-state index contributed by atoms with van der Waals surface area (Å²) in [6.45, 7) is 0.760. The molecule has 1 aromatic rings. The van der Waals surface area contributed by atoms with Crippen molar-refractivity contribution < 1.29 is 5.11 Å². The third-order valence-corrected chi connectivity index (χ3v) is 2.56. The molecule has 0 aliphatic carbocycles. The standard InChI is InChI=1S/C12H15ClN2O/c13-11-5-3-10(4-6-11)12(9-16)15-8-2-1-7-14/h3-6,12,15-16H,1-2,8-9H2. The molecule has 0 saturated heterocycles. The predicted octanol–water partition coefficient (Wildman–Crippen LogP) is 2.27. The van der Waals surface area contributed by atoms with E-state index >= 15 is 0 Å². The number of benzene rings is 1. The van der Waals surface area contributed by atoms with Crippen molar-refractivity contribution in [1.82, 2.24) is 5.32 Å². The van der Waals surface area contributed by atoms with Gasteiger partial charge >= 0.3 is 0 Å². The van der Waals surface area contributed by atoms with Crippen LogP contribution in [0.4, 0.5) is 0 Å². The SMILES string of the molecule is N#CCCCNC(CO)c1ccc(Cl)cc1. The minimum absolute atomic E-state index is 0.0359. The molecular formula is C12H15ClN2O. The van der Waals surface area contributed by atoms with Gasteiger partial charge in [-0.2, -0.15) is 5.26 Å². The Hall–Kier alpha value is -1.08. The van der Waals surface area contributed by atoms with Crippen molar-refractivity contribution in [2.24, 2.45) is 0 Å². The first-order valence-electron chi connectivity index (χ1n) is 5.24. The molecule has 0 saturated carbocycles. The fourth-order valence-corrected chi connectivity index (χ4v) is 1.55. The highest BCUT2D eigenvalue weighted by atomic mass is 35.5. The van der Waals surface area contributed by atoms with E-state index in [9.17, 15) is 5.11 Å². The molecule has 0 radical (unpaired) electrons. The van der Waals surface area contributed by atoms with E-state index in [0.717, 1.165) is 18.5 Å². The van der Waals surface area contributed by atoms with Crippen LogP contribution in [0.3, 0.4) is 0 Å². The van der Waals surface area contributed by atoms with Gasteiger partial charge < -0.3 is 10.4 Å². The smallest absolute Gasteiger partial charge is 0.0626 e. The lowest BCUT2D eigenvalue weighted by atomic mass is 10.1. The van der Waals surface area contributed by atoms with E-state index in [-0.39, 0.29) is 12.6 Å². The summed E-state index contributed by atoms with van der Waals surface area (Å²) in [4.78, 5) is 0. The van der Waals surface area contributed by atoms with Crippen LogP contribution in [-0.4, -0.2) is 18.3 Å². The zero-order valence-electron chi connectivity index (χ0n) is 8.99. The van der Waals surface area contributed by atoms with Crippen LogP contribution in [0.5, 0.6) is 0 Å². The fourth-order valence-electron chi connectivity index (χ4n) is 1.43. The Bertz CT molecular complexity index is 345. The molecule has 1 atom stereocenters. The summed E-state index contributed by atoms with van der Waals surface area (Å²) in [6, 6.07) is 9.38. The van der Waals surface area contributed by atoms with Gasteiger partial charge in [-0.25, -0.2) is 0 Å². The molecule has 0 heterocycles. The normalized spacial score (nSPS) is 12.1. The van der Waals surface area contributed by atoms with Crippen LogP contribution in [-0.2, 0) is 0 Å². The van der Waals surface area contributed by atoms with Crippen molar-refractivity contribution in [3.63, 3.8) is 0 Å². The Morgan fingerprint density at radius 1 is 1.38 bits per heavy atom. The molecule has 1 rings (SSSR count). The summed E-state index contributed by atoms with van der Waals surface area (Å²) in [5, 5.41) is 21.5. The molecule has 1 unspecified atom stereocenters. The van der Waals surface area contributed by atoms with Gasteiger partial charge in [0.1, 0.15) is 0 Å². The van der Waals surface area contributed by atoms with Crippen LogP contribution >= 0.6 is 11.6 Å². The summed E-state index contributed by atoms with van der Waals surface area (Å²) >= 11 is 5.79. The van der Waals surface area contributed by atoms with Crippen molar-refractivity contribution in [2.75, 3.05) is 13.2 Å². The summed E-state index contributed by atoms with van der Waals surface area (Å²) in [7, 11) is 0. The van der Waals surface area contributed by atoms with E-state index in [1.54, 1.807) is 12.1 Å². The molecule has 0 spiro atoms. The summed E-state index contributed by atoms with van der Waals surface area (Å²) in [5.41, 5.74) is 1.00. The first kappa shape index (κ1) is 13.0. The molecule has 3 nitrogen and oxygen atoms in total. The third kappa shape index (κ3) is 4.19. The van der Waals surface area contributed by atoms with Gasteiger partial charge in [-0.3, -0.25) is 0 Å². The van der Waals surface area contributed by atoms with E-state index in [0.29, 0.717) is 11.4 Å². The molecule has 0 fully saturated rings. The maximum absolute atomic E-state index is 9.24. The van der Waals surface area contributed by atoms with Crippen molar-refractivity contribution in [2.45, 2.75) is 18.9 Å². The lowest BCUT2D eigenvalue weighted by Crippen LogP contribution is -2.25. The topological polar surface area (TPSA) is 56.0 Å². The number of hydrogen-bond donors (Lipinski definition) is 2. The second-order valence-electron chi connectivity index (χ2n) is 3.50. The number of nitrogens with one attached hydrogen (secondary N) is 1. The lowest BCUT2D eigenvalue weighted by molar-refractivity contribution is 0.244. The van der Waals surface area contributed by atoms with Crippen LogP contribution in [0, 0.1) is 11.3 Å². The van der Waals surface area contributed by atoms with Crippen molar-refractivity contribution in [1.29, 1.82) is 5.26 Å². The van der Waals surface area contributed by atoms with Crippen LogP contribution in [0.2, 0.25) is 5.02 Å². The van der Waals surface area contributed by atoms with E-state index in [2.05, 4.69) is 11.4 Å². The van der Waals surface area contributed by atoms with E-state index in [4.69, 9.17) is 16.9 Å². The number of nitriles is 1. The molecule has 0 amide bonds. The monoisotopic (exact) mass is 238 g/mol. The highest BCUT2D eigenvalue weighted by Crippen LogP contribution is 2.16. The van der Waals surface area contributed by atoms with Crippen molar-refractivity contribution in [3.05, 3.63) is 34.9 Å². The molecular weight excluding hydrogens is 224 g/mol. The number of halogens is 1. The van der Waals surface area contributed by atoms with Crippen molar-refractivity contribution in [3.8, 4) is 6.07 Å². The largest absolute Gasteiger partial charge is 0.394 e. The van der Waals surface area contributed by atoms with E-state index in [1.165, 1.54) is 0 Å². The van der Waals surface area contributed by atoms with Crippen LogP contribution < -0.4 is 5.32 Å². The maximum atomic E-state index is 9.24. The highest BCUT2D eigenvalue weighted by Gasteiger charge is 2.08. The number of aliphatic hydroxyl groups is 1. The van der Waals surface area contributed by atoms with E-state index < -0.39 is 0 Å².